The number of ketones is 1. The Bertz CT molecular complexity index is 781. The van der Waals surface area contributed by atoms with Crippen LogP contribution in [0.15, 0.2) is 54.6 Å². The van der Waals surface area contributed by atoms with Gasteiger partial charge in [0.1, 0.15) is 6.61 Å². The number of hydrogen-bond acceptors (Lipinski definition) is 3. The fraction of sp³-hybridized carbons (Fsp3) is 0.238. The van der Waals surface area contributed by atoms with E-state index in [2.05, 4.69) is 5.32 Å². The number of carbonyl (C=O) groups excluding carboxylic acids is 2. The normalized spacial score (nSPS) is 13.0. The van der Waals surface area contributed by atoms with Gasteiger partial charge >= 0.3 is 6.09 Å². The zero-order valence-corrected chi connectivity index (χ0v) is 14.0. The topological polar surface area (TPSA) is 55.4 Å². The van der Waals surface area contributed by atoms with E-state index in [1.807, 2.05) is 60.7 Å². The van der Waals surface area contributed by atoms with Gasteiger partial charge in [0, 0.05) is 18.5 Å². The minimum Gasteiger partial charge on any atom is -0.445 e. The maximum Gasteiger partial charge on any atom is 0.407 e. The molecule has 0 aliphatic heterocycles. The van der Waals surface area contributed by atoms with Gasteiger partial charge in [-0.25, -0.2) is 4.79 Å². The van der Waals surface area contributed by atoms with E-state index < -0.39 is 6.09 Å². The summed E-state index contributed by atoms with van der Waals surface area (Å²) in [6.45, 7) is 0.783. The van der Waals surface area contributed by atoms with Crippen LogP contribution in [0.4, 0.5) is 4.79 Å². The number of alkyl carbamates (subject to hydrolysis) is 1. The van der Waals surface area contributed by atoms with Crippen LogP contribution in [0.3, 0.4) is 0 Å². The number of fused-ring (bicyclic) bond motifs is 1. The first-order valence-electron chi connectivity index (χ1n) is 8.50. The average molecular weight is 335 g/mol. The first kappa shape index (κ1) is 17.0. The molecule has 0 radical (unpaired) electrons. The summed E-state index contributed by atoms with van der Waals surface area (Å²) >= 11 is 0. The van der Waals surface area contributed by atoms with Crippen LogP contribution in [0.2, 0.25) is 0 Å². The van der Waals surface area contributed by atoms with E-state index in [0.29, 0.717) is 19.4 Å². The third-order valence-electron chi connectivity index (χ3n) is 4.21. The van der Waals surface area contributed by atoms with Crippen molar-refractivity contribution in [3.05, 3.63) is 76.9 Å². The highest BCUT2D eigenvalue weighted by Gasteiger charge is 2.20. The van der Waals surface area contributed by atoms with Crippen LogP contribution in [-0.4, -0.2) is 18.4 Å². The van der Waals surface area contributed by atoms with Crippen LogP contribution in [0.25, 0.3) is 6.08 Å². The largest absolute Gasteiger partial charge is 0.445 e. The second-order valence-electron chi connectivity index (χ2n) is 5.98. The molecule has 0 fully saturated rings. The number of amides is 1. The van der Waals surface area contributed by atoms with Gasteiger partial charge in [-0.2, -0.15) is 0 Å². The minimum absolute atomic E-state index is 0.230. The van der Waals surface area contributed by atoms with Gasteiger partial charge < -0.3 is 10.1 Å². The molecule has 1 amide bonds. The van der Waals surface area contributed by atoms with Crippen LogP contribution >= 0.6 is 0 Å². The molecule has 2 aromatic rings. The molecule has 4 nitrogen and oxygen atoms in total. The number of carbonyl (C=O) groups is 2. The fourth-order valence-electron chi connectivity index (χ4n) is 2.92. The van der Waals surface area contributed by atoms with E-state index in [4.69, 9.17) is 4.74 Å². The van der Waals surface area contributed by atoms with Gasteiger partial charge in [0.05, 0.1) is 0 Å². The number of nitrogens with one attached hydrogen (secondary N) is 1. The van der Waals surface area contributed by atoms with Crippen LogP contribution < -0.4 is 5.32 Å². The molecule has 25 heavy (non-hydrogen) atoms. The molecule has 0 heterocycles. The first-order chi connectivity index (χ1) is 12.2. The van der Waals surface area contributed by atoms with E-state index in [1.54, 1.807) is 0 Å². The lowest BCUT2D eigenvalue weighted by Crippen LogP contribution is -2.24. The summed E-state index contributed by atoms with van der Waals surface area (Å²) in [6.07, 6.45) is 5.75. The Morgan fingerprint density at radius 3 is 2.76 bits per heavy atom. The van der Waals surface area contributed by atoms with Gasteiger partial charge in [0.25, 0.3) is 0 Å². The predicted molar refractivity (Wildman–Crippen MR) is 97.4 cm³/mol. The number of ether oxygens (including phenoxy) is 1. The second-order valence-corrected chi connectivity index (χ2v) is 5.98. The lowest BCUT2D eigenvalue weighted by Gasteiger charge is -2.06. The Labute approximate surface area is 147 Å². The molecule has 1 aliphatic rings. The molecule has 0 saturated heterocycles. The standard InChI is InChI=1S/C21H21NO3/c23-20-13-12-18-17(10-6-11-19(18)20)9-4-5-14-22-21(24)25-15-16-7-2-1-3-8-16/h1-4,6-11H,5,12-15H2,(H,22,24). The van der Waals surface area contributed by atoms with Crippen molar-refractivity contribution in [2.75, 3.05) is 6.54 Å². The maximum absolute atomic E-state index is 11.7. The summed E-state index contributed by atoms with van der Waals surface area (Å²) in [4.78, 5) is 23.4. The number of rotatable bonds is 6. The summed E-state index contributed by atoms with van der Waals surface area (Å²) in [6, 6.07) is 15.4. The molecule has 0 spiro atoms. The van der Waals surface area contributed by atoms with Crippen LogP contribution in [0.5, 0.6) is 0 Å². The Kier molecular flexibility index (Phi) is 5.62. The van der Waals surface area contributed by atoms with Gasteiger partial charge in [-0.15, -0.1) is 0 Å². The lowest BCUT2D eigenvalue weighted by molar-refractivity contribution is 0.0994. The molecule has 4 heteroatoms. The SMILES string of the molecule is O=C(NCCC=Cc1cccc2c1CCC2=O)OCc1ccccc1. The minimum atomic E-state index is -0.413. The zero-order chi connectivity index (χ0) is 17.5. The lowest BCUT2D eigenvalue weighted by atomic mass is 10.0. The highest BCUT2D eigenvalue weighted by molar-refractivity contribution is 6.01. The van der Waals surface area contributed by atoms with Crippen molar-refractivity contribution in [2.45, 2.75) is 25.9 Å². The summed E-state index contributed by atoms with van der Waals surface area (Å²) in [7, 11) is 0. The van der Waals surface area contributed by atoms with Gasteiger partial charge in [-0.1, -0.05) is 60.7 Å². The van der Waals surface area contributed by atoms with Gasteiger partial charge in [0.15, 0.2) is 5.78 Å². The van der Waals surface area contributed by atoms with Crippen molar-refractivity contribution >= 4 is 18.0 Å². The van der Waals surface area contributed by atoms with Gasteiger partial charge in [0.2, 0.25) is 0 Å². The molecular formula is C21H21NO3. The fourth-order valence-corrected chi connectivity index (χ4v) is 2.92. The van der Waals surface area contributed by atoms with Crippen molar-refractivity contribution in [3.8, 4) is 0 Å². The Balaban J connectivity index is 1.41. The molecule has 128 valence electrons. The Hall–Kier alpha value is -2.88. The van der Waals surface area contributed by atoms with E-state index in [1.165, 1.54) is 0 Å². The monoisotopic (exact) mass is 335 g/mol. The molecule has 3 rings (SSSR count). The Morgan fingerprint density at radius 1 is 1.08 bits per heavy atom. The highest BCUT2D eigenvalue weighted by atomic mass is 16.5. The van der Waals surface area contributed by atoms with Gasteiger partial charge in [-0.3, -0.25) is 4.79 Å². The van der Waals surface area contributed by atoms with Crippen molar-refractivity contribution in [3.63, 3.8) is 0 Å². The smallest absolute Gasteiger partial charge is 0.407 e. The molecule has 0 bridgehead atoms. The van der Waals surface area contributed by atoms with E-state index >= 15 is 0 Å². The van der Waals surface area contributed by atoms with Gasteiger partial charge in [-0.05, 0) is 29.5 Å². The zero-order valence-electron chi connectivity index (χ0n) is 14.0. The number of Topliss-reactive ketones (excluding diaryl/α,β-unsaturated/α-hetero) is 1. The van der Waals surface area contributed by atoms with E-state index in [0.717, 1.165) is 28.7 Å². The maximum atomic E-state index is 11.7. The van der Waals surface area contributed by atoms with E-state index in [-0.39, 0.29) is 12.4 Å². The molecule has 0 atom stereocenters. The molecule has 0 unspecified atom stereocenters. The summed E-state index contributed by atoms with van der Waals surface area (Å²) in [5.74, 6) is 0.230. The Morgan fingerprint density at radius 2 is 1.92 bits per heavy atom. The van der Waals surface area contributed by atoms with Crippen molar-refractivity contribution in [1.29, 1.82) is 0 Å². The van der Waals surface area contributed by atoms with Crippen LogP contribution in [0.1, 0.15) is 39.9 Å². The van der Waals surface area contributed by atoms with Crippen LogP contribution in [-0.2, 0) is 17.8 Å². The summed E-state index contributed by atoms with van der Waals surface area (Å²) in [5, 5.41) is 2.73. The van der Waals surface area contributed by atoms with E-state index in [9.17, 15) is 9.59 Å². The van der Waals surface area contributed by atoms with Crippen molar-refractivity contribution < 1.29 is 14.3 Å². The van der Waals surface area contributed by atoms with Crippen molar-refractivity contribution in [1.82, 2.24) is 5.32 Å². The highest BCUT2D eigenvalue weighted by Crippen LogP contribution is 2.26. The molecule has 1 aliphatic carbocycles. The third kappa shape index (κ3) is 4.57. The average Bonchev–Trinajstić information content (AvgIpc) is 3.02. The quantitative estimate of drug-likeness (QED) is 0.807. The predicted octanol–water partition coefficient (Wildman–Crippen LogP) is 4.15. The molecule has 1 N–H and O–H groups in total. The third-order valence-corrected chi connectivity index (χ3v) is 4.21. The summed E-state index contributed by atoms with van der Waals surface area (Å²) in [5.41, 5.74) is 4.05. The second kappa shape index (κ2) is 8.29. The molecule has 0 saturated carbocycles. The first-order valence-corrected chi connectivity index (χ1v) is 8.50. The number of benzene rings is 2. The molecule has 0 aromatic heterocycles. The molecular weight excluding hydrogens is 314 g/mol. The van der Waals surface area contributed by atoms with Crippen molar-refractivity contribution in [2.24, 2.45) is 0 Å². The summed E-state index contributed by atoms with van der Waals surface area (Å²) < 4.78 is 5.15. The molecule has 2 aromatic carbocycles. The van der Waals surface area contributed by atoms with Crippen LogP contribution in [0, 0.1) is 0 Å². The number of hydrogen-bond donors (Lipinski definition) is 1.